The van der Waals surface area contributed by atoms with E-state index in [1.807, 2.05) is 12.1 Å². The van der Waals surface area contributed by atoms with Crippen LogP contribution in [0.3, 0.4) is 0 Å². The quantitative estimate of drug-likeness (QED) is 0.531. The van der Waals surface area contributed by atoms with Crippen LogP contribution in [0.5, 0.6) is 5.75 Å². The molecule has 0 aliphatic carbocycles. The van der Waals surface area contributed by atoms with E-state index < -0.39 is 0 Å². The summed E-state index contributed by atoms with van der Waals surface area (Å²) in [6.45, 7) is 4.11. The Kier molecular flexibility index (Phi) is 8.74. The number of nitrogens with zero attached hydrogens (tertiary/aromatic N) is 1. The number of hydrogen-bond acceptors (Lipinski definition) is 6. The zero-order valence-corrected chi connectivity index (χ0v) is 17.8. The second-order valence-electron chi connectivity index (χ2n) is 6.41. The maximum absolute atomic E-state index is 11.8. The van der Waals surface area contributed by atoms with E-state index >= 15 is 0 Å². The Hall–Kier alpha value is -1.28. The van der Waals surface area contributed by atoms with Crippen molar-refractivity contribution in [1.82, 2.24) is 10.2 Å². The van der Waals surface area contributed by atoms with Crippen molar-refractivity contribution in [2.45, 2.75) is 31.6 Å². The third-order valence-electron chi connectivity index (χ3n) is 4.18. The highest BCUT2D eigenvalue weighted by molar-refractivity contribution is 7.99. The Bertz CT molecular complexity index is 707. The minimum atomic E-state index is 0.0399. The largest absolute Gasteiger partial charge is 0.492 e. The molecule has 4 nitrogen and oxygen atoms in total. The second-order valence-corrected chi connectivity index (χ2v) is 9.42. The van der Waals surface area contributed by atoms with Crippen molar-refractivity contribution in [3.63, 3.8) is 0 Å². The van der Waals surface area contributed by atoms with Crippen molar-refractivity contribution < 1.29 is 9.53 Å². The topological polar surface area (TPSA) is 41.6 Å². The van der Waals surface area contributed by atoms with Gasteiger partial charge in [0.25, 0.3) is 0 Å². The number of nitrogens with one attached hydrogen (secondary N) is 1. The van der Waals surface area contributed by atoms with E-state index in [1.54, 1.807) is 40.6 Å². The summed E-state index contributed by atoms with van der Waals surface area (Å²) in [5, 5.41) is 6.96. The summed E-state index contributed by atoms with van der Waals surface area (Å²) in [6.07, 6.45) is 7.10. The highest BCUT2D eigenvalue weighted by atomic mass is 32.2. The maximum atomic E-state index is 11.8. The number of carbonyl (C=O) groups is 1. The third-order valence-corrected chi connectivity index (χ3v) is 7.12. The number of likely N-dealkylation sites (tertiary alicyclic amines) is 1. The molecule has 0 radical (unpaired) electrons. The molecule has 1 aliphatic heterocycles. The van der Waals surface area contributed by atoms with Gasteiger partial charge >= 0.3 is 0 Å². The third kappa shape index (κ3) is 7.70. The van der Waals surface area contributed by atoms with E-state index in [-0.39, 0.29) is 5.91 Å². The maximum Gasteiger partial charge on any atom is 0.233 e. The van der Waals surface area contributed by atoms with Gasteiger partial charge in [0.2, 0.25) is 5.91 Å². The van der Waals surface area contributed by atoms with Gasteiger partial charge in [0, 0.05) is 33.9 Å². The lowest BCUT2D eigenvalue weighted by Gasteiger charge is -2.12. The molecule has 2 aromatic heterocycles. The molecule has 3 heterocycles. The number of carbonyl (C=O) groups excluding carboxylic acids is 1. The number of thiophene rings is 2. The summed E-state index contributed by atoms with van der Waals surface area (Å²) in [5.41, 5.74) is 0. The molecule has 27 heavy (non-hydrogen) atoms. The summed E-state index contributed by atoms with van der Waals surface area (Å²) in [5.74, 6) is 2.37. The van der Waals surface area contributed by atoms with E-state index in [4.69, 9.17) is 4.74 Å². The minimum absolute atomic E-state index is 0.0399. The van der Waals surface area contributed by atoms with Crippen LogP contribution in [-0.2, 0) is 17.1 Å². The van der Waals surface area contributed by atoms with Crippen LogP contribution in [0.2, 0.25) is 0 Å². The fraction of sp³-hybridized carbons (Fsp3) is 0.450. The van der Waals surface area contributed by atoms with Crippen LogP contribution >= 0.6 is 34.4 Å². The monoisotopic (exact) mass is 422 g/mol. The molecule has 0 saturated carbocycles. The molecule has 1 amide bonds. The van der Waals surface area contributed by atoms with Crippen LogP contribution in [0.15, 0.2) is 41.2 Å². The molecule has 2 aromatic rings. The summed E-state index contributed by atoms with van der Waals surface area (Å²) in [6, 6.07) is 6.29. The Balaban J connectivity index is 1.23. The van der Waals surface area contributed by atoms with Crippen LogP contribution in [0.1, 0.15) is 29.0 Å². The van der Waals surface area contributed by atoms with Gasteiger partial charge < -0.3 is 10.1 Å². The van der Waals surface area contributed by atoms with Crippen LogP contribution in [0.4, 0.5) is 0 Å². The highest BCUT2D eigenvalue weighted by Crippen LogP contribution is 2.24. The first-order chi connectivity index (χ1) is 13.3. The SMILES string of the molecule is O=C(CSCc1cccs1)N/C=C\CCOc1csc(CN2CCCC2)c1. The molecular weight excluding hydrogens is 396 g/mol. The lowest BCUT2D eigenvalue weighted by molar-refractivity contribution is -0.117. The van der Waals surface area contributed by atoms with Gasteiger partial charge in [0.15, 0.2) is 0 Å². The summed E-state index contributed by atoms with van der Waals surface area (Å²) in [4.78, 5) is 16.9. The van der Waals surface area contributed by atoms with Gasteiger partial charge in [-0.2, -0.15) is 0 Å². The van der Waals surface area contributed by atoms with E-state index in [0.717, 1.165) is 24.5 Å². The minimum Gasteiger partial charge on any atom is -0.492 e. The highest BCUT2D eigenvalue weighted by Gasteiger charge is 2.12. The van der Waals surface area contributed by atoms with Gasteiger partial charge in [0.1, 0.15) is 5.75 Å². The normalized spacial score (nSPS) is 14.8. The first kappa shape index (κ1) is 20.5. The molecule has 0 spiro atoms. The Morgan fingerprint density at radius 2 is 2.19 bits per heavy atom. The van der Waals surface area contributed by atoms with Crippen molar-refractivity contribution in [3.8, 4) is 5.75 Å². The van der Waals surface area contributed by atoms with Crippen molar-refractivity contribution in [3.05, 3.63) is 51.0 Å². The molecule has 0 unspecified atom stereocenters. The molecule has 1 saturated heterocycles. The Morgan fingerprint density at radius 3 is 3.00 bits per heavy atom. The molecule has 1 fully saturated rings. The fourth-order valence-corrected chi connectivity index (χ4v) is 5.37. The number of hydrogen-bond donors (Lipinski definition) is 1. The molecule has 1 N–H and O–H groups in total. The van der Waals surface area contributed by atoms with Gasteiger partial charge in [0.05, 0.1) is 12.4 Å². The van der Waals surface area contributed by atoms with Crippen molar-refractivity contribution in [2.75, 3.05) is 25.4 Å². The number of rotatable bonds is 11. The van der Waals surface area contributed by atoms with E-state index in [2.05, 4.69) is 33.1 Å². The lowest BCUT2D eigenvalue weighted by Crippen LogP contribution is -2.19. The molecule has 1 aliphatic rings. The Labute approximate surface area is 173 Å². The zero-order chi connectivity index (χ0) is 18.7. The first-order valence-corrected chi connectivity index (χ1v) is 12.2. The number of ether oxygens (including phenoxy) is 1. The summed E-state index contributed by atoms with van der Waals surface area (Å²) < 4.78 is 5.79. The van der Waals surface area contributed by atoms with Crippen LogP contribution < -0.4 is 10.1 Å². The van der Waals surface area contributed by atoms with Crippen LogP contribution in [-0.4, -0.2) is 36.3 Å². The average molecular weight is 423 g/mol. The fourth-order valence-electron chi connectivity index (χ4n) is 2.84. The van der Waals surface area contributed by atoms with Gasteiger partial charge in [-0.25, -0.2) is 0 Å². The first-order valence-electron chi connectivity index (χ1n) is 9.26. The van der Waals surface area contributed by atoms with E-state index in [0.29, 0.717) is 12.4 Å². The second kappa shape index (κ2) is 11.5. The zero-order valence-electron chi connectivity index (χ0n) is 15.4. The summed E-state index contributed by atoms with van der Waals surface area (Å²) >= 11 is 5.13. The molecule has 7 heteroatoms. The molecule has 0 bridgehead atoms. The number of amides is 1. The van der Waals surface area contributed by atoms with Crippen molar-refractivity contribution in [1.29, 1.82) is 0 Å². The Morgan fingerprint density at radius 1 is 1.30 bits per heavy atom. The van der Waals surface area contributed by atoms with E-state index in [9.17, 15) is 4.79 Å². The molecular formula is C20H26N2O2S3. The molecule has 3 rings (SSSR count). The van der Waals surface area contributed by atoms with Crippen molar-refractivity contribution in [2.24, 2.45) is 0 Å². The average Bonchev–Trinajstić information content (AvgIpc) is 3.42. The molecule has 0 atom stereocenters. The number of thioether (sulfide) groups is 1. The predicted octanol–water partition coefficient (Wildman–Crippen LogP) is 4.74. The van der Waals surface area contributed by atoms with Gasteiger partial charge in [-0.15, -0.1) is 34.4 Å². The predicted molar refractivity (Wildman–Crippen MR) is 117 cm³/mol. The van der Waals surface area contributed by atoms with Crippen LogP contribution in [0.25, 0.3) is 0 Å². The van der Waals surface area contributed by atoms with Crippen molar-refractivity contribution >= 4 is 40.3 Å². The van der Waals surface area contributed by atoms with Gasteiger partial charge in [-0.3, -0.25) is 9.69 Å². The van der Waals surface area contributed by atoms with E-state index in [1.165, 1.54) is 35.7 Å². The summed E-state index contributed by atoms with van der Waals surface area (Å²) in [7, 11) is 0. The van der Waals surface area contributed by atoms with Crippen LogP contribution in [0, 0.1) is 0 Å². The molecule has 0 aromatic carbocycles. The molecule has 146 valence electrons. The lowest BCUT2D eigenvalue weighted by atomic mass is 10.4. The standard InChI is InChI=1S/C20H26N2O2S3/c23-20(16-25-15-18-6-5-11-26-18)21-7-1-4-10-24-17-12-19(27-14-17)13-22-8-2-3-9-22/h1,5-7,11-12,14H,2-4,8-10,13,15-16H2,(H,21,23)/b7-1-. The smallest absolute Gasteiger partial charge is 0.233 e. The van der Waals surface area contributed by atoms with Gasteiger partial charge in [-0.05, 0) is 49.6 Å². The van der Waals surface area contributed by atoms with Gasteiger partial charge in [-0.1, -0.05) is 12.1 Å².